The molecule has 0 amide bonds. The van der Waals surface area contributed by atoms with Crippen molar-refractivity contribution in [2.24, 2.45) is 0 Å². The van der Waals surface area contributed by atoms with E-state index in [1.807, 2.05) is 0 Å². The Morgan fingerprint density at radius 1 is 1.32 bits per heavy atom. The van der Waals surface area contributed by atoms with Crippen molar-refractivity contribution in [2.75, 3.05) is 24.7 Å². The number of anilines is 1. The van der Waals surface area contributed by atoms with Crippen molar-refractivity contribution in [3.05, 3.63) is 24.0 Å². The van der Waals surface area contributed by atoms with Crippen LogP contribution in [0.25, 0.3) is 0 Å². The first-order valence-electron chi connectivity index (χ1n) is 5.37. The number of halogens is 4. The van der Waals surface area contributed by atoms with Crippen LogP contribution >= 0.6 is 0 Å². The van der Waals surface area contributed by atoms with Crippen molar-refractivity contribution < 1.29 is 26.5 Å². The van der Waals surface area contributed by atoms with Gasteiger partial charge in [0.25, 0.3) is 0 Å². The van der Waals surface area contributed by atoms with Gasteiger partial charge in [-0.15, -0.1) is 0 Å². The minimum absolute atomic E-state index is 0.0610. The van der Waals surface area contributed by atoms with Crippen molar-refractivity contribution in [2.45, 2.75) is 17.5 Å². The summed E-state index contributed by atoms with van der Waals surface area (Å²) in [6, 6.07) is 3.49. The lowest BCUT2D eigenvalue weighted by Crippen LogP contribution is -2.18. The Morgan fingerprint density at radius 2 is 2.00 bits per heavy atom. The van der Waals surface area contributed by atoms with E-state index < -0.39 is 29.4 Å². The van der Waals surface area contributed by atoms with E-state index in [2.05, 4.69) is 4.74 Å². The third-order valence-electron chi connectivity index (χ3n) is 2.11. The van der Waals surface area contributed by atoms with E-state index in [-0.39, 0.29) is 29.4 Å². The first-order valence-corrected chi connectivity index (χ1v) is 6.69. The number of nitrogen functional groups attached to an aromatic ring is 1. The highest BCUT2D eigenvalue weighted by atomic mass is 32.2. The van der Waals surface area contributed by atoms with Crippen molar-refractivity contribution >= 4 is 16.5 Å². The van der Waals surface area contributed by atoms with E-state index in [1.165, 1.54) is 6.07 Å². The summed E-state index contributed by atoms with van der Waals surface area (Å²) in [7, 11) is -1.56. The predicted octanol–water partition coefficient (Wildman–Crippen LogP) is 2.48. The third kappa shape index (κ3) is 6.02. The fourth-order valence-corrected chi connectivity index (χ4v) is 2.47. The van der Waals surface area contributed by atoms with Gasteiger partial charge in [-0.3, -0.25) is 4.21 Å². The van der Waals surface area contributed by atoms with Crippen molar-refractivity contribution in [3.63, 3.8) is 0 Å². The molecule has 19 heavy (non-hydrogen) atoms. The Labute approximate surface area is 110 Å². The zero-order chi connectivity index (χ0) is 14.5. The molecule has 8 heteroatoms. The molecule has 0 aliphatic carbocycles. The average Bonchev–Trinajstić information content (AvgIpc) is 2.30. The van der Waals surface area contributed by atoms with E-state index in [9.17, 15) is 21.8 Å². The molecule has 2 N–H and O–H groups in total. The van der Waals surface area contributed by atoms with Crippen LogP contribution in [0.5, 0.6) is 0 Å². The van der Waals surface area contributed by atoms with Crippen LogP contribution in [0.15, 0.2) is 23.1 Å². The van der Waals surface area contributed by atoms with E-state index >= 15 is 0 Å². The van der Waals surface area contributed by atoms with E-state index in [1.54, 1.807) is 0 Å². The van der Waals surface area contributed by atoms with Crippen LogP contribution in [-0.2, 0) is 15.5 Å². The monoisotopic (exact) mass is 299 g/mol. The number of ether oxygens (including phenoxy) is 1. The maximum Gasteiger partial charge on any atom is 0.411 e. The molecule has 0 fully saturated rings. The minimum Gasteiger partial charge on any atom is -0.398 e. The topological polar surface area (TPSA) is 52.3 Å². The first-order chi connectivity index (χ1) is 8.79. The zero-order valence-corrected chi connectivity index (χ0v) is 10.7. The molecule has 108 valence electrons. The lowest BCUT2D eigenvalue weighted by Gasteiger charge is -2.08. The van der Waals surface area contributed by atoms with Crippen LogP contribution in [0.3, 0.4) is 0 Å². The Balaban J connectivity index is 2.38. The highest BCUT2D eigenvalue weighted by Crippen LogP contribution is 2.18. The molecule has 0 spiro atoms. The second-order valence-corrected chi connectivity index (χ2v) is 5.29. The maximum atomic E-state index is 12.9. The zero-order valence-electron chi connectivity index (χ0n) is 9.87. The molecule has 0 saturated carbocycles. The number of benzene rings is 1. The quantitative estimate of drug-likeness (QED) is 0.499. The van der Waals surface area contributed by atoms with Crippen LogP contribution in [-0.4, -0.2) is 29.4 Å². The largest absolute Gasteiger partial charge is 0.411 e. The second-order valence-electron chi connectivity index (χ2n) is 3.75. The number of hydrogen-bond donors (Lipinski definition) is 1. The van der Waals surface area contributed by atoms with Gasteiger partial charge in [0.15, 0.2) is 0 Å². The Morgan fingerprint density at radius 3 is 2.63 bits per heavy atom. The van der Waals surface area contributed by atoms with Gasteiger partial charge in [0.2, 0.25) is 0 Å². The highest BCUT2D eigenvalue weighted by molar-refractivity contribution is 7.85. The number of rotatable bonds is 6. The fraction of sp³-hybridized carbons (Fsp3) is 0.455. The Hall–Kier alpha value is -1.15. The number of hydrogen-bond acceptors (Lipinski definition) is 3. The number of nitrogens with two attached hydrogens (primary N) is 1. The summed E-state index contributed by atoms with van der Waals surface area (Å²) in [4.78, 5) is 0.149. The van der Waals surface area contributed by atoms with Crippen LogP contribution in [0.4, 0.5) is 23.2 Å². The first kappa shape index (κ1) is 15.9. The standard InChI is InChI=1S/C11H13F4NO2S/c12-8-2-3-9(16)10(6-8)19(17)5-1-4-18-7-11(13,14)15/h2-3,6H,1,4-5,7,16H2. The summed E-state index contributed by atoms with van der Waals surface area (Å²) >= 11 is 0. The van der Waals surface area contributed by atoms with Crippen molar-refractivity contribution in [1.82, 2.24) is 0 Å². The van der Waals surface area contributed by atoms with E-state index in [0.29, 0.717) is 0 Å². The van der Waals surface area contributed by atoms with Gasteiger partial charge in [-0.1, -0.05) is 0 Å². The maximum absolute atomic E-state index is 12.9. The van der Waals surface area contributed by atoms with Crippen molar-refractivity contribution in [1.29, 1.82) is 0 Å². The van der Waals surface area contributed by atoms with E-state index in [0.717, 1.165) is 12.1 Å². The smallest absolute Gasteiger partial charge is 0.398 e. The lowest BCUT2D eigenvalue weighted by atomic mass is 10.3. The Bertz CT molecular complexity index is 451. The molecule has 0 aromatic heterocycles. The van der Waals surface area contributed by atoms with E-state index in [4.69, 9.17) is 5.73 Å². The SMILES string of the molecule is Nc1ccc(F)cc1S(=O)CCCOCC(F)(F)F. The van der Waals surface area contributed by atoms with Gasteiger partial charge in [-0.05, 0) is 24.6 Å². The molecule has 1 unspecified atom stereocenters. The summed E-state index contributed by atoms with van der Waals surface area (Å²) in [5.74, 6) is -0.503. The molecule has 0 aliphatic heterocycles. The molecular weight excluding hydrogens is 286 g/mol. The molecule has 1 rings (SSSR count). The minimum atomic E-state index is -4.37. The molecular formula is C11H13F4NO2S. The summed E-state index contributed by atoms with van der Waals surface area (Å²) in [5, 5.41) is 0. The van der Waals surface area contributed by atoms with Crippen LogP contribution < -0.4 is 5.73 Å². The molecule has 0 aliphatic rings. The summed E-state index contributed by atoms with van der Waals surface area (Å²) in [6.07, 6.45) is -4.20. The van der Waals surface area contributed by atoms with Gasteiger partial charge in [-0.2, -0.15) is 13.2 Å². The van der Waals surface area contributed by atoms with Crippen LogP contribution in [0.2, 0.25) is 0 Å². The fourth-order valence-electron chi connectivity index (χ4n) is 1.30. The molecule has 0 bridgehead atoms. The third-order valence-corrected chi connectivity index (χ3v) is 3.61. The molecule has 3 nitrogen and oxygen atoms in total. The van der Waals surface area contributed by atoms with Gasteiger partial charge in [0.1, 0.15) is 12.4 Å². The normalized spacial score (nSPS) is 13.5. The molecule has 0 radical (unpaired) electrons. The molecule has 0 saturated heterocycles. The van der Waals surface area contributed by atoms with Crippen LogP contribution in [0.1, 0.15) is 6.42 Å². The predicted molar refractivity (Wildman–Crippen MR) is 63.6 cm³/mol. The summed E-state index contributed by atoms with van der Waals surface area (Å²) < 4.78 is 64.4. The number of alkyl halides is 3. The molecule has 1 atom stereocenters. The molecule has 1 aromatic rings. The van der Waals surface area contributed by atoms with Gasteiger partial charge in [0.05, 0.1) is 15.7 Å². The van der Waals surface area contributed by atoms with Gasteiger partial charge in [-0.25, -0.2) is 4.39 Å². The average molecular weight is 299 g/mol. The highest BCUT2D eigenvalue weighted by Gasteiger charge is 2.27. The summed E-state index contributed by atoms with van der Waals surface area (Å²) in [6.45, 7) is -1.50. The second kappa shape index (κ2) is 6.85. The lowest BCUT2D eigenvalue weighted by molar-refractivity contribution is -0.173. The Kier molecular flexibility index (Phi) is 5.74. The van der Waals surface area contributed by atoms with Gasteiger partial charge >= 0.3 is 6.18 Å². The summed E-state index contributed by atoms with van der Waals surface area (Å²) in [5.41, 5.74) is 5.73. The van der Waals surface area contributed by atoms with Gasteiger partial charge in [0, 0.05) is 18.0 Å². The molecule has 1 aromatic carbocycles. The molecule has 0 heterocycles. The van der Waals surface area contributed by atoms with Crippen LogP contribution in [0, 0.1) is 5.82 Å². The van der Waals surface area contributed by atoms with Gasteiger partial charge < -0.3 is 10.5 Å². The van der Waals surface area contributed by atoms with Crippen molar-refractivity contribution in [3.8, 4) is 0 Å².